The Bertz CT molecular complexity index is 616. The van der Waals surface area contributed by atoms with E-state index in [9.17, 15) is 18.7 Å². The molecule has 1 aromatic carbocycles. The van der Waals surface area contributed by atoms with Gasteiger partial charge in [-0.15, -0.1) is 0 Å². The standard InChI is InChI=1S/C13H10ClF2NO3/c14-8-5-10(16)9(15)4-7(8)13(19)17-11(6-18)12-2-1-3-20-12/h1-5,11,18H,6H2,(H,17,19). The predicted molar refractivity (Wildman–Crippen MR) is 67.4 cm³/mol. The maximum atomic E-state index is 13.1. The van der Waals surface area contributed by atoms with E-state index in [4.69, 9.17) is 16.0 Å². The summed E-state index contributed by atoms with van der Waals surface area (Å²) in [7, 11) is 0. The first-order valence-corrected chi connectivity index (χ1v) is 6.00. The smallest absolute Gasteiger partial charge is 0.253 e. The lowest BCUT2D eigenvalue weighted by atomic mass is 10.1. The second-order valence-electron chi connectivity index (χ2n) is 3.97. The van der Waals surface area contributed by atoms with Crippen LogP contribution in [0.3, 0.4) is 0 Å². The normalized spacial score (nSPS) is 12.2. The lowest BCUT2D eigenvalue weighted by Crippen LogP contribution is -2.30. The molecule has 1 atom stereocenters. The fourth-order valence-corrected chi connectivity index (χ4v) is 1.87. The molecule has 0 saturated carbocycles. The van der Waals surface area contributed by atoms with Gasteiger partial charge in [0.15, 0.2) is 11.6 Å². The first kappa shape index (κ1) is 14.5. The molecule has 0 aliphatic rings. The Morgan fingerprint density at radius 2 is 2.10 bits per heavy atom. The van der Waals surface area contributed by atoms with Crippen LogP contribution >= 0.6 is 11.6 Å². The van der Waals surface area contributed by atoms with Crippen LogP contribution in [0, 0.1) is 11.6 Å². The third kappa shape index (κ3) is 2.97. The number of benzene rings is 1. The van der Waals surface area contributed by atoms with Gasteiger partial charge in [0, 0.05) is 0 Å². The molecule has 0 spiro atoms. The third-order valence-electron chi connectivity index (χ3n) is 2.63. The lowest BCUT2D eigenvalue weighted by Gasteiger charge is -2.14. The van der Waals surface area contributed by atoms with E-state index in [1.807, 2.05) is 0 Å². The highest BCUT2D eigenvalue weighted by Crippen LogP contribution is 2.21. The van der Waals surface area contributed by atoms with Gasteiger partial charge in [0.2, 0.25) is 0 Å². The van der Waals surface area contributed by atoms with Crippen LogP contribution in [0.5, 0.6) is 0 Å². The zero-order valence-corrected chi connectivity index (χ0v) is 10.8. The molecule has 1 amide bonds. The number of carbonyl (C=O) groups excluding carboxylic acids is 1. The minimum absolute atomic E-state index is 0.225. The zero-order chi connectivity index (χ0) is 14.7. The second-order valence-corrected chi connectivity index (χ2v) is 4.38. The molecule has 7 heteroatoms. The molecule has 106 valence electrons. The first-order chi connectivity index (χ1) is 9.52. The summed E-state index contributed by atoms with van der Waals surface area (Å²) >= 11 is 5.69. The summed E-state index contributed by atoms with van der Waals surface area (Å²) in [5, 5.41) is 11.4. The number of amides is 1. The molecule has 0 saturated heterocycles. The molecule has 0 radical (unpaired) electrons. The highest BCUT2D eigenvalue weighted by molar-refractivity contribution is 6.33. The Morgan fingerprint density at radius 1 is 1.40 bits per heavy atom. The van der Waals surface area contributed by atoms with Crippen molar-refractivity contribution in [1.29, 1.82) is 0 Å². The Labute approximate surface area is 118 Å². The van der Waals surface area contributed by atoms with Gasteiger partial charge in [0.05, 0.1) is 23.5 Å². The van der Waals surface area contributed by atoms with Crippen LogP contribution in [0.25, 0.3) is 0 Å². The van der Waals surface area contributed by atoms with Gasteiger partial charge in [0.25, 0.3) is 5.91 Å². The Kier molecular flexibility index (Phi) is 4.36. The molecular formula is C13H10ClF2NO3. The van der Waals surface area contributed by atoms with Gasteiger partial charge in [-0.05, 0) is 24.3 Å². The lowest BCUT2D eigenvalue weighted by molar-refractivity contribution is 0.0907. The third-order valence-corrected chi connectivity index (χ3v) is 2.94. The summed E-state index contributed by atoms with van der Waals surface area (Å²) < 4.78 is 31.1. The fraction of sp³-hybridized carbons (Fsp3) is 0.154. The monoisotopic (exact) mass is 301 g/mol. The molecule has 2 aromatic rings. The topological polar surface area (TPSA) is 62.5 Å². The number of nitrogens with one attached hydrogen (secondary N) is 1. The molecule has 1 aromatic heterocycles. The van der Waals surface area contributed by atoms with E-state index in [1.54, 1.807) is 12.1 Å². The molecule has 2 rings (SSSR count). The Balaban J connectivity index is 2.21. The number of halogens is 3. The van der Waals surface area contributed by atoms with Gasteiger partial charge in [-0.1, -0.05) is 11.6 Å². The van der Waals surface area contributed by atoms with Crippen LogP contribution in [0.15, 0.2) is 34.9 Å². The molecule has 0 fully saturated rings. The maximum absolute atomic E-state index is 13.1. The van der Waals surface area contributed by atoms with Gasteiger partial charge >= 0.3 is 0 Å². The minimum Gasteiger partial charge on any atom is -0.467 e. The van der Waals surface area contributed by atoms with Crippen molar-refractivity contribution in [3.8, 4) is 0 Å². The van der Waals surface area contributed by atoms with Crippen LogP contribution in [0.4, 0.5) is 8.78 Å². The van der Waals surface area contributed by atoms with E-state index < -0.39 is 30.2 Å². The fourth-order valence-electron chi connectivity index (χ4n) is 1.63. The molecule has 0 aliphatic carbocycles. The van der Waals surface area contributed by atoms with Gasteiger partial charge < -0.3 is 14.8 Å². The van der Waals surface area contributed by atoms with Crippen LogP contribution in [-0.2, 0) is 0 Å². The highest BCUT2D eigenvalue weighted by Gasteiger charge is 2.20. The number of hydrogen-bond donors (Lipinski definition) is 2. The van der Waals surface area contributed by atoms with Crippen molar-refractivity contribution in [2.24, 2.45) is 0 Å². The second kappa shape index (κ2) is 6.02. The van der Waals surface area contributed by atoms with Crippen molar-refractivity contribution in [2.75, 3.05) is 6.61 Å². The maximum Gasteiger partial charge on any atom is 0.253 e. The van der Waals surface area contributed by atoms with E-state index >= 15 is 0 Å². The number of furan rings is 1. The predicted octanol–water partition coefficient (Wildman–Crippen LogP) is 2.67. The highest BCUT2D eigenvalue weighted by atomic mass is 35.5. The van der Waals surface area contributed by atoms with E-state index in [0.717, 1.165) is 0 Å². The molecule has 1 unspecified atom stereocenters. The zero-order valence-electron chi connectivity index (χ0n) is 10.1. The minimum atomic E-state index is -1.18. The van der Waals surface area contributed by atoms with Crippen molar-refractivity contribution in [3.63, 3.8) is 0 Å². The van der Waals surface area contributed by atoms with Crippen LogP contribution < -0.4 is 5.32 Å². The number of rotatable bonds is 4. The van der Waals surface area contributed by atoms with Crippen LogP contribution in [0.1, 0.15) is 22.2 Å². The Morgan fingerprint density at radius 3 is 2.70 bits per heavy atom. The molecule has 20 heavy (non-hydrogen) atoms. The van der Waals surface area contributed by atoms with Crippen molar-refractivity contribution in [1.82, 2.24) is 5.32 Å². The SMILES string of the molecule is O=C(NC(CO)c1ccco1)c1cc(F)c(F)cc1Cl. The summed E-state index contributed by atoms with van der Waals surface area (Å²) in [6.45, 7) is -0.416. The average molecular weight is 302 g/mol. The summed E-state index contributed by atoms with van der Waals surface area (Å²) in [4.78, 5) is 12.0. The van der Waals surface area contributed by atoms with Gasteiger partial charge in [-0.3, -0.25) is 4.79 Å². The van der Waals surface area contributed by atoms with E-state index in [1.165, 1.54) is 6.26 Å². The van der Waals surface area contributed by atoms with Gasteiger partial charge in [-0.25, -0.2) is 8.78 Å². The van der Waals surface area contributed by atoms with Crippen LogP contribution in [-0.4, -0.2) is 17.6 Å². The first-order valence-electron chi connectivity index (χ1n) is 5.62. The van der Waals surface area contributed by atoms with E-state index in [0.29, 0.717) is 17.9 Å². The van der Waals surface area contributed by atoms with Crippen molar-refractivity contribution >= 4 is 17.5 Å². The summed E-state index contributed by atoms with van der Waals surface area (Å²) in [6.07, 6.45) is 1.38. The molecular weight excluding hydrogens is 292 g/mol. The number of aliphatic hydroxyl groups excluding tert-OH is 1. The Hall–Kier alpha value is -1.92. The van der Waals surface area contributed by atoms with Crippen molar-refractivity contribution < 1.29 is 23.1 Å². The number of hydrogen-bond acceptors (Lipinski definition) is 3. The van der Waals surface area contributed by atoms with E-state index in [2.05, 4.69) is 5.32 Å². The van der Waals surface area contributed by atoms with Gasteiger partial charge in [0.1, 0.15) is 11.8 Å². The summed E-state index contributed by atoms with van der Waals surface area (Å²) in [5.74, 6) is -2.74. The van der Waals surface area contributed by atoms with Gasteiger partial charge in [-0.2, -0.15) is 0 Å². The van der Waals surface area contributed by atoms with Crippen LogP contribution in [0.2, 0.25) is 5.02 Å². The summed E-state index contributed by atoms with van der Waals surface area (Å²) in [5.41, 5.74) is -0.226. The van der Waals surface area contributed by atoms with Crippen molar-refractivity contribution in [2.45, 2.75) is 6.04 Å². The molecule has 0 bridgehead atoms. The largest absolute Gasteiger partial charge is 0.467 e. The molecule has 0 aliphatic heterocycles. The number of carbonyl (C=O) groups is 1. The quantitative estimate of drug-likeness (QED) is 0.854. The summed E-state index contributed by atoms with van der Waals surface area (Å²) in [6, 6.07) is 3.76. The van der Waals surface area contributed by atoms with E-state index in [-0.39, 0.29) is 10.6 Å². The average Bonchev–Trinajstić information content (AvgIpc) is 2.93. The number of aliphatic hydroxyl groups is 1. The molecule has 1 heterocycles. The molecule has 4 nitrogen and oxygen atoms in total. The van der Waals surface area contributed by atoms with Crippen molar-refractivity contribution in [3.05, 3.63) is 58.5 Å². The molecule has 2 N–H and O–H groups in total.